The highest BCUT2D eigenvalue weighted by molar-refractivity contribution is 5.85. The zero-order valence-corrected chi connectivity index (χ0v) is 8.53. The van der Waals surface area contributed by atoms with Crippen LogP contribution in [-0.2, 0) is 0 Å². The summed E-state index contributed by atoms with van der Waals surface area (Å²) in [7, 11) is 0. The average molecular weight is 189 g/mol. The van der Waals surface area contributed by atoms with E-state index in [1.54, 1.807) is 0 Å². The molecule has 12 heavy (non-hydrogen) atoms. The van der Waals surface area contributed by atoms with Crippen LogP contribution in [0.1, 0.15) is 33.1 Å². The molecule has 0 spiro atoms. The molecule has 1 aliphatic rings. The van der Waals surface area contributed by atoms with Crippen LogP contribution in [0.2, 0.25) is 0 Å². The Hall–Kier alpha value is -0.260. The van der Waals surface area contributed by atoms with Gasteiger partial charge in [0.1, 0.15) is 5.54 Å². The summed E-state index contributed by atoms with van der Waals surface area (Å²) in [6.07, 6.45) is 3.14. The third-order valence-corrected chi connectivity index (χ3v) is 2.26. The van der Waals surface area contributed by atoms with Gasteiger partial charge in [-0.3, -0.25) is 0 Å². The van der Waals surface area contributed by atoms with E-state index in [-0.39, 0.29) is 12.4 Å². The molecule has 0 aromatic carbocycles. The van der Waals surface area contributed by atoms with Gasteiger partial charge in [0.05, 0.1) is 6.07 Å². The van der Waals surface area contributed by atoms with E-state index in [0.717, 1.165) is 19.3 Å². The molecule has 1 fully saturated rings. The van der Waals surface area contributed by atoms with E-state index < -0.39 is 5.54 Å². The first kappa shape index (κ1) is 11.7. The zero-order valence-electron chi connectivity index (χ0n) is 7.71. The van der Waals surface area contributed by atoms with Crippen LogP contribution in [0.15, 0.2) is 0 Å². The second kappa shape index (κ2) is 4.11. The molecule has 0 amide bonds. The Morgan fingerprint density at radius 2 is 2.08 bits per heavy atom. The van der Waals surface area contributed by atoms with E-state index in [2.05, 4.69) is 19.9 Å². The monoisotopic (exact) mass is 188 g/mol. The highest BCUT2D eigenvalue weighted by atomic mass is 35.5. The summed E-state index contributed by atoms with van der Waals surface area (Å²) in [6, 6.07) is 2.25. The number of nitrogens with zero attached hydrogens (tertiary/aromatic N) is 1. The first-order valence-electron chi connectivity index (χ1n) is 4.28. The van der Waals surface area contributed by atoms with Crippen molar-refractivity contribution < 1.29 is 0 Å². The fourth-order valence-electron chi connectivity index (χ4n) is 1.58. The second-order valence-corrected chi connectivity index (χ2v) is 4.02. The normalized spacial score (nSPS) is 20.9. The van der Waals surface area contributed by atoms with Crippen LogP contribution in [0.25, 0.3) is 0 Å². The van der Waals surface area contributed by atoms with E-state index in [4.69, 9.17) is 11.0 Å². The maximum atomic E-state index is 8.87. The Kier molecular flexibility index (Phi) is 4.02. The number of rotatable bonds is 3. The summed E-state index contributed by atoms with van der Waals surface area (Å²) < 4.78 is 0. The van der Waals surface area contributed by atoms with Crippen LogP contribution < -0.4 is 5.73 Å². The average Bonchev–Trinajstić information content (AvgIpc) is 2.66. The van der Waals surface area contributed by atoms with Gasteiger partial charge in [0.2, 0.25) is 0 Å². The van der Waals surface area contributed by atoms with E-state index >= 15 is 0 Å². The number of nitrogens with two attached hydrogens (primary N) is 1. The van der Waals surface area contributed by atoms with Crippen molar-refractivity contribution in [1.29, 1.82) is 5.26 Å². The molecule has 2 nitrogen and oxygen atoms in total. The quantitative estimate of drug-likeness (QED) is 0.738. The van der Waals surface area contributed by atoms with Crippen molar-refractivity contribution >= 4 is 12.4 Å². The number of halogens is 1. The minimum Gasteiger partial charge on any atom is -0.313 e. The fourth-order valence-corrected chi connectivity index (χ4v) is 1.58. The predicted molar refractivity (Wildman–Crippen MR) is 52.0 cm³/mol. The molecule has 1 aliphatic carbocycles. The van der Waals surface area contributed by atoms with E-state index in [1.807, 2.05) is 0 Å². The van der Waals surface area contributed by atoms with Gasteiger partial charge in [-0.15, -0.1) is 12.4 Å². The van der Waals surface area contributed by atoms with E-state index in [9.17, 15) is 0 Å². The molecule has 3 heteroatoms. The van der Waals surface area contributed by atoms with E-state index in [0.29, 0.717) is 11.8 Å². The number of hydrogen-bond donors (Lipinski definition) is 1. The molecule has 70 valence electrons. The van der Waals surface area contributed by atoms with Gasteiger partial charge in [0, 0.05) is 0 Å². The van der Waals surface area contributed by atoms with Crippen LogP contribution >= 0.6 is 12.4 Å². The van der Waals surface area contributed by atoms with Gasteiger partial charge >= 0.3 is 0 Å². The maximum absolute atomic E-state index is 8.87. The van der Waals surface area contributed by atoms with Gasteiger partial charge in [-0.2, -0.15) is 5.26 Å². The lowest BCUT2D eigenvalue weighted by molar-refractivity contribution is 0.378. The van der Waals surface area contributed by atoms with Crippen LogP contribution in [0, 0.1) is 23.2 Å². The summed E-state index contributed by atoms with van der Waals surface area (Å²) in [5.74, 6) is 1.01. The van der Waals surface area contributed by atoms with Crippen molar-refractivity contribution in [3.05, 3.63) is 0 Å². The van der Waals surface area contributed by atoms with Crippen LogP contribution in [0.4, 0.5) is 0 Å². The van der Waals surface area contributed by atoms with Crippen molar-refractivity contribution in [3.8, 4) is 6.07 Å². The minimum atomic E-state index is -0.520. The Bertz CT molecular complexity index is 181. The lowest BCUT2D eigenvalue weighted by atomic mass is 9.87. The van der Waals surface area contributed by atoms with Crippen molar-refractivity contribution in [3.63, 3.8) is 0 Å². The standard InChI is InChI=1S/C9H16N2.ClH/c1-7(2)5-9(11,6-10)8-3-4-8;/h7-8H,3-5,11H2,1-2H3;1H. The van der Waals surface area contributed by atoms with Crippen molar-refractivity contribution in [2.75, 3.05) is 0 Å². The van der Waals surface area contributed by atoms with Gasteiger partial charge in [0.25, 0.3) is 0 Å². The molecule has 1 rings (SSSR count). The van der Waals surface area contributed by atoms with Crippen LogP contribution in [0.5, 0.6) is 0 Å². The lowest BCUT2D eigenvalue weighted by Crippen LogP contribution is -2.41. The highest BCUT2D eigenvalue weighted by Gasteiger charge is 2.42. The number of hydrogen-bond acceptors (Lipinski definition) is 2. The summed E-state index contributed by atoms with van der Waals surface area (Å²) in [6.45, 7) is 4.22. The molecule has 0 aliphatic heterocycles. The summed E-state index contributed by atoms with van der Waals surface area (Å²) in [5, 5.41) is 8.87. The first-order chi connectivity index (χ1) is 5.08. The van der Waals surface area contributed by atoms with Crippen molar-refractivity contribution in [2.24, 2.45) is 17.6 Å². The largest absolute Gasteiger partial charge is 0.313 e. The number of nitriles is 1. The molecule has 1 saturated carbocycles. The van der Waals surface area contributed by atoms with Gasteiger partial charge in [-0.1, -0.05) is 13.8 Å². The first-order valence-corrected chi connectivity index (χ1v) is 4.28. The van der Waals surface area contributed by atoms with Gasteiger partial charge in [0.15, 0.2) is 0 Å². The van der Waals surface area contributed by atoms with Gasteiger partial charge in [-0.25, -0.2) is 0 Å². The molecular weight excluding hydrogens is 172 g/mol. The Labute approximate surface area is 80.5 Å². The van der Waals surface area contributed by atoms with Crippen molar-refractivity contribution in [2.45, 2.75) is 38.6 Å². The third-order valence-electron chi connectivity index (χ3n) is 2.26. The minimum absolute atomic E-state index is 0. The Balaban J connectivity index is 0.00000121. The molecule has 0 aromatic heterocycles. The van der Waals surface area contributed by atoms with Gasteiger partial charge < -0.3 is 5.73 Å². The molecule has 1 unspecified atom stereocenters. The summed E-state index contributed by atoms with van der Waals surface area (Å²) in [5.41, 5.74) is 5.42. The highest BCUT2D eigenvalue weighted by Crippen LogP contribution is 2.40. The predicted octanol–water partition coefficient (Wildman–Crippen LogP) is 2.09. The van der Waals surface area contributed by atoms with Crippen LogP contribution in [-0.4, -0.2) is 5.54 Å². The molecule has 2 N–H and O–H groups in total. The zero-order chi connectivity index (χ0) is 8.48. The van der Waals surface area contributed by atoms with Crippen molar-refractivity contribution in [1.82, 2.24) is 0 Å². The molecular formula is C9H17ClN2. The molecule has 0 saturated heterocycles. The molecule has 0 bridgehead atoms. The smallest absolute Gasteiger partial charge is 0.107 e. The maximum Gasteiger partial charge on any atom is 0.107 e. The van der Waals surface area contributed by atoms with Crippen LogP contribution in [0.3, 0.4) is 0 Å². The van der Waals surface area contributed by atoms with E-state index in [1.165, 1.54) is 0 Å². The van der Waals surface area contributed by atoms with Gasteiger partial charge in [-0.05, 0) is 31.1 Å². The molecule has 0 aromatic rings. The Morgan fingerprint density at radius 3 is 2.33 bits per heavy atom. The molecule has 0 heterocycles. The second-order valence-electron chi connectivity index (χ2n) is 4.02. The Morgan fingerprint density at radius 1 is 1.58 bits per heavy atom. The fraction of sp³-hybridized carbons (Fsp3) is 0.889. The summed E-state index contributed by atoms with van der Waals surface area (Å²) >= 11 is 0. The molecule has 0 radical (unpaired) electrons. The SMILES string of the molecule is CC(C)CC(N)(C#N)C1CC1.Cl. The third kappa shape index (κ3) is 2.66. The molecule has 1 atom stereocenters. The summed E-state index contributed by atoms with van der Waals surface area (Å²) in [4.78, 5) is 0. The lowest BCUT2D eigenvalue weighted by Gasteiger charge is -2.22. The topological polar surface area (TPSA) is 49.8 Å².